The largest absolute Gasteiger partial charge is 0.506 e. The van der Waals surface area contributed by atoms with E-state index in [1.54, 1.807) is 6.07 Å². The highest BCUT2D eigenvalue weighted by Crippen LogP contribution is 2.41. The molecular weight excluding hydrogens is 346 g/mol. The fraction of sp³-hybridized carbons (Fsp3) is 0.0769. The molecule has 0 bridgehead atoms. The molecule has 2 aromatic carbocycles. The van der Waals surface area contributed by atoms with Gasteiger partial charge in [-0.3, -0.25) is 0 Å². The molecule has 0 saturated carbocycles. The fourth-order valence-electron chi connectivity index (χ4n) is 2.10. The van der Waals surface area contributed by atoms with Crippen LogP contribution in [0.3, 0.4) is 0 Å². The third-order valence-electron chi connectivity index (χ3n) is 2.90. The summed E-state index contributed by atoms with van der Waals surface area (Å²) in [6.45, 7) is 2.06. The van der Waals surface area contributed by atoms with Gasteiger partial charge >= 0.3 is 0 Å². The summed E-state index contributed by atoms with van der Waals surface area (Å²) < 4.78 is 1.81. The van der Waals surface area contributed by atoms with Crippen LogP contribution in [0.2, 0.25) is 0 Å². The van der Waals surface area contributed by atoms with E-state index in [4.69, 9.17) is 0 Å². The molecule has 0 fully saturated rings. The highest BCUT2D eigenvalue weighted by molar-refractivity contribution is 9.13. The Bertz CT molecular complexity index is 746. The van der Waals surface area contributed by atoms with Crippen LogP contribution in [0.1, 0.15) is 5.56 Å². The zero-order chi connectivity index (χ0) is 12.2. The number of aryl methyl sites for hydroxylation is 1. The number of phenols is 1. The summed E-state index contributed by atoms with van der Waals surface area (Å²) in [5.41, 5.74) is 2.99. The topological polar surface area (TPSA) is 36.0 Å². The monoisotopic (exact) mass is 353 g/mol. The molecule has 2 nitrogen and oxygen atoms in total. The number of rotatable bonds is 0. The van der Waals surface area contributed by atoms with Crippen LogP contribution in [-0.2, 0) is 0 Å². The lowest BCUT2D eigenvalue weighted by Crippen LogP contribution is -1.76. The van der Waals surface area contributed by atoms with Crippen LogP contribution in [0.4, 0.5) is 0 Å². The Hall–Kier alpha value is -1.000. The van der Waals surface area contributed by atoms with Gasteiger partial charge in [0.25, 0.3) is 0 Å². The van der Waals surface area contributed by atoms with Crippen molar-refractivity contribution in [2.75, 3.05) is 0 Å². The normalized spacial score (nSPS) is 11.5. The van der Waals surface area contributed by atoms with Gasteiger partial charge in [-0.05, 0) is 57.0 Å². The number of nitrogens with one attached hydrogen (secondary N) is 1. The second-order valence-corrected chi connectivity index (χ2v) is 5.76. The average Bonchev–Trinajstić information content (AvgIpc) is 2.65. The molecule has 0 spiro atoms. The van der Waals surface area contributed by atoms with Crippen molar-refractivity contribution in [2.45, 2.75) is 6.92 Å². The molecule has 0 aliphatic heterocycles. The van der Waals surface area contributed by atoms with Crippen LogP contribution in [0, 0.1) is 6.92 Å². The van der Waals surface area contributed by atoms with Gasteiger partial charge in [0.15, 0.2) is 0 Å². The molecule has 3 aromatic rings. The van der Waals surface area contributed by atoms with E-state index in [0.29, 0.717) is 0 Å². The van der Waals surface area contributed by atoms with Crippen molar-refractivity contribution in [3.05, 3.63) is 38.8 Å². The van der Waals surface area contributed by atoms with E-state index in [0.717, 1.165) is 30.8 Å². The standard InChI is InChI=1S/C13H9Br2NO/c1-6-2-3-9-7(4-6)11-12(15)8(14)5-10(17)13(11)16-9/h2-5,16-17H,1H3. The maximum Gasteiger partial charge on any atom is 0.140 e. The lowest BCUT2D eigenvalue weighted by Gasteiger charge is -2.01. The number of hydrogen-bond donors (Lipinski definition) is 2. The molecule has 17 heavy (non-hydrogen) atoms. The predicted octanol–water partition coefficient (Wildman–Crippen LogP) is 4.86. The van der Waals surface area contributed by atoms with Crippen molar-refractivity contribution in [1.29, 1.82) is 0 Å². The molecule has 4 heteroatoms. The van der Waals surface area contributed by atoms with E-state index in [9.17, 15) is 5.11 Å². The van der Waals surface area contributed by atoms with Crippen LogP contribution in [0.15, 0.2) is 33.2 Å². The van der Waals surface area contributed by atoms with E-state index in [2.05, 4.69) is 55.9 Å². The lowest BCUT2D eigenvalue weighted by molar-refractivity contribution is 0.480. The van der Waals surface area contributed by atoms with Crippen molar-refractivity contribution < 1.29 is 5.11 Å². The molecule has 0 aliphatic carbocycles. The Morgan fingerprint density at radius 1 is 1.18 bits per heavy atom. The Labute approximate surface area is 115 Å². The molecular formula is C13H9Br2NO. The summed E-state index contributed by atoms with van der Waals surface area (Å²) >= 11 is 7.00. The number of aromatic amines is 1. The summed E-state index contributed by atoms with van der Waals surface area (Å²) in [7, 11) is 0. The molecule has 0 saturated heterocycles. The molecule has 0 radical (unpaired) electrons. The van der Waals surface area contributed by atoms with Crippen LogP contribution in [0.5, 0.6) is 5.75 Å². The van der Waals surface area contributed by atoms with Crippen LogP contribution < -0.4 is 0 Å². The van der Waals surface area contributed by atoms with Crippen LogP contribution in [-0.4, -0.2) is 10.1 Å². The van der Waals surface area contributed by atoms with Gasteiger partial charge in [0, 0.05) is 25.2 Å². The molecule has 0 amide bonds. The van der Waals surface area contributed by atoms with Gasteiger partial charge < -0.3 is 10.1 Å². The molecule has 1 heterocycles. The zero-order valence-corrected chi connectivity index (χ0v) is 12.2. The van der Waals surface area contributed by atoms with Crippen LogP contribution >= 0.6 is 31.9 Å². The molecule has 86 valence electrons. The summed E-state index contributed by atoms with van der Waals surface area (Å²) in [4.78, 5) is 3.24. The summed E-state index contributed by atoms with van der Waals surface area (Å²) in [5, 5.41) is 12.1. The first-order valence-electron chi connectivity index (χ1n) is 5.17. The van der Waals surface area contributed by atoms with Crippen molar-refractivity contribution in [2.24, 2.45) is 0 Å². The van der Waals surface area contributed by atoms with E-state index < -0.39 is 0 Å². The number of H-pyrrole nitrogens is 1. The van der Waals surface area contributed by atoms with Gasteiger partial charge in [0.2, 0.25) is 0 Å². The number of aromatic nitrogens is 1. The number of phenolic OH excluding ortho intramolecular Hbond substituents is 1. The third-order valence-corrected chi connectivity index (χ3v) is 4.88. The first-order valence-corrected chi connectivity index (χ1v) is 6.75. The van der Waals surface area contributed by atoms with E-state index in [1.807, 2.05) is 6.07 Å². The average molecular weight is 355 g/mol. The van der Waals surface area contributed by atoms with E-state index >= 15 is 0 Å². The summed E-state index contributed by atoms with van der Waals surface area (Å²) in [5.74, 6) is 0.254. The Balaban J connectivity index is 2.63. The Morgan fingerprint density at radius 3 is 2.71 bits per heavy atom. The highest BCUT2D eigenvalue weighted by atomic mass is 79.9. The van der Waals surface area contributed by atoms with Crippen molar-refractivity contribution in [1.82, 2.24) is 4.98 Å². The maximum absolute atomic E-state index is 9.96. The minimum Gasteiger partial charge on any atom is -0.506 e. The van der Waals surface area contributed by atoms with E-state index in [1.165, 1.54) is 5.56 Å². The summed E-state index contributed by atoms with van der Waals surface area (Å²) in [6.07, 6.45) is 0. The van der Waals surface area contributed by atoms with Gasteiger partial charge in [-0.1, -0.05) is 11.6 Å². The second kappa shape index (κ2) is 3.75. The lowest BCUT2D eigenvalue weighted by atomic mass is 10.1. The molecule has 0 unspecified atom stereocenters. The highest BCUT2D eigenvalue weighted by Gasteiger charge is 2.13. The molecule has 2 N–H and O–H groups in total. The minimum absolute atomic E-state index is 0.254. The van der Waals surface area contributed by atoms with Gasteiger partial charge in [0.1, 0.15) is 5.75 Å². The predicted molar refractivity (Wildman–Crippen MR) is 77.6 cm³/mol. The van der Waals surface area contributed by atoms with Gasteiger partial charge in [-0.15, -0.1) is 0 Å². The van der Waals surface area contributed by atoms with Crippen molar-refractivity contribution >= 4 is 53.7 Å². The van der Waals surface area contributed by atoms with Crippen molar-refractivity contribution in [3.8, 4) is 5.75 Å². The first-order chi connectivity index (χ1) is 8.08. The third kappa shape index (κ3) is 1.58. The zero-order valence-electron chi connectivity index (χ0n) is 9.01. The summed E-state index contributed by atoms with van der Waals surface area (Å²) in [6, 6.07) is 7.89. The number of aromatic hydroxyl groups is 1. The smallest absolute Gasteiger partial charge is 0.140 e. The Kier molecular flexibility index (Phi) is 2.45. The number of halogens is 2. The SMILES string of the molecule is Cc1ccc2[nH]c3c(O)cc(Br)c(Br)c3c2c1. The molecule has 1 aromatic heterocycles. The maximum atomic E-state index is 9.96. The quantitative estimate of drug-likeness (QED) is 0.594. The molecule has 3 rings (SSSR count). The molecule has 0 aliphatic rings. The second-order valence-electron chi connectivity index (χ2n) is 4.12. The first kappa shape index (κ1) is 11.1. The van der Waals surface area contributed by atoms with E-state index in [-0.39, 0.29) is 5.75 Å². The van der Waals surface area contributed by atoms with Gasteiger partial charge in [0.05, 0.1) is 5.52 Å². The number of hydrogen-bond acceptors (Lipinski definition) is 1. The Morgan fingerprint density at radius 2 is 1.94 bits per heavy atom. The van der Waals surface area contributed by atoms with Gasteiger partial charge in [-0.25, -0.2) is 0 Å². The number of fused-ring (bicyclic) bond motifs is 3. The fourth-order valence-corrected chi connectivity index (χ4v) is 3.04. The van der Waals surface area contributed by atoms with Crippen molar-refractivity contribution in [3.63, 3.8) is 0 Å². The van der Waals surface area contributed by atoms with Gasteiger partial charge in [-0.2, -0.15) is 0 Å². The molecule has 0 atom stereocenters. The van der Waals surface area contributed by atoms with Crippen LogP contribution in [0.25, 0.3) is 21.8 Å². The number of benzene rings is 2. The minimum atomic E-state index is 0.254.